The van der Waals surface area contributed by atoms with E-state index in [4.69, 9.17) is 16.3 Å². The summed E-state index contributed by atoms with van der Waals surface area (Å²) in [5, 5.41) is 1.37. The Hall–Kier alpha value is -1.88. The van der Waals surface area contributed by atoms with Gasteiger partial charge in [0.05, 0.1) is 6.54 Å². The quantitative estimate of drug-likeness (QED) is 0.599. The Kier molecular flexibility index (Phi) is 7.15. The van der Waals surface area contributed by atoms with Crippen molar-refractivity contribution in [2.75, 3.05) is 39.3 Å². The molecule has 34 heavy (non-hydrogen) atoms. The van der Waals surface area contributed by atoms with Crippen molar-refractivity contribution >= 4 is 55.0 Å². The van der Waals surface area contributed by atoms with Crippen LogP contribution in [-0.4, -0.2) is 79.4 Å². The van der Waals surface area contributed by atoms with Gasteiger partial charge < -0.3 is 14.5 Å². The first-order chi connectivity index (χ1) is 15.9. The number of ether oxygens (including phenoxy) is 1. The van der Waals surface area contributed by atoms with Gasteiger partial charge >= 0.3 is 6.09 Å². The number of hydrogen-bond acceptors (Lipinski definition) is 6. The molecule has 2 aliphatic heterocycles. The van der Waals surface area contributed by atoms with Crippen LogP contribution in [0.3, 0.4) is 0 Å². The van der Waals surface area contributed by atoms with Crippen molar-refractivity contribution in [2.45, 2.75) is 43.4 Å². The van der Waals surface area contributed by atoms with E-state index in [0.717, 1.165) is 22.9 Å². The Bertz CT molecular complexity index is 1180. The molecule has 0 saturated carbocycles. The van der Waals surface area contributed by atoms with E-state index < -0.39 is 15.6 Å². The van der Waals surface area contributed by atoms with Gasteiger partial charge in [-0.25, -0.2) is 13.2 Å². The summed E-state index contributed by atoms with van der Waals surface area (Å²) in [5.74, 6) is 0.0895. The number of piperazine rings is 1. The summed E-state index contributed by atoms with van der Waals surface area (Å²) in [5.41, 5.74) is -0.525. The van der Waals surface area contributed by atoms with Gasteiger partial charge in [0, 0.05) is 42.4 Å². The third-order valence-corrected chi connectivity index (χ3v) is 9.71. The van der Waals surface area contributed by atoms with Crippen LogP contribution in [0.2, 0.25) is 5.02 Å². The highest BCUT2D eigenvalue weighted by molar-refractivity contribution is 7.91. The number of carbonyl (C=O) groups is 2. The molecular formula is C23H30ClN3O5S2. The Morgan fingerprint density at radius 1 is 1.15 bits per heavy atom. The zero-order chi connectivity index (χ0) is 24.7. The number of rotatable bonds is 4. The molecule has 2 fully saturated rings. The molecule has 0 spiro atoms. The summed E-state index contributed by atoms with van der Waals surface area (Å²) in [6.45, 7) is 7.78. The molecule has 0 bridgehead atoms. The number of sulfonamides is 1. The van der Waals surface area contributed by atoms with Gasteiger partial charge in [-0.05, 0) is 63.1 Å². The number of amides is 2. The maximum absolute atomic E-state index is 13.2. The van der Waals surface area contributed by atoms with Gasteiger partial charge in [-0.3, -0.25) is 4.79 Å². The van der Waals surface area contributed by atoms with Gasteiger partial charge in [0.25, 0.3) is 10.0 Å². The van der Waals surface area contributed by atoms with E-state index in [9.17, 15) is 18.0 Å². The number of fused-ring (bicyclic) bond motifs is 1. The minimum atomic E-state index is -3.75. The monoisotopic (exact) mass is 527 g/mol. The largest absolute Gasteiger partial charge is 0.444 e. The number of halogens is 1. The number of piperidine rings is 1. The molecule has 2 aliphatic rings. The number of nitrogens with zero attached hydrogens (tertiary/aromatic N) is 3. The first-order valence-electron chi connectivity index (χ1n) is 11.4. The lowest BCUT2D eigenvalue weighted by Gasteiger charge is -2.38. The number of benzene rings is 1. The van der Waals surface area contributed by atoms with Crippen LogP contribution in [0, 0.1) is 5.92 Å². The standard InChI is InChI=1S/C23H30ClN3O5S2/c1-23(2,3)32-22(29)25-8-6-16(7-9-25)14-26-10-11-27(15-20(26)28)34(30,31)21-12-17-4-5-18(24)13-19(17)33-21/h4-5,12-13,16H,6-11,14-15H2,1-3H3. The Morgan fingerprint density at radius 3 is 2.50 bits per heavy atom. The molecule has 0 atom stereocenters. The summed E-state index contributed by atoms with van der Waals surface area (Å²) in [7, 11) is -3.75. The smallest absolute Gasteiger partial charge is 0.410 e. The SMILES string of the molecule is CC(C)(C)OC(=O)N1CCC(CN2CCN(S(=O)(=O)c3cc4ccc(Cl)cc4s3)CC2=O)CC1. The second-order valence-corrected chi connectivity index (χ2v) is 13.5. The van der Waals surface area contributed by atoms with E-state index in [1.54, 1.807) is 34.1 Å². The first kappa shape index (κ1) is 25.2. The molecule has 0 N–H and O–H groups in total. The van der Waals surface area contributed by atoms with Crippen LogP contribution < -0.4 is 0 Å². The van der Waals surface area contributed by atoms with Crippen molar-refractivity contribution in [2.24, 2.45) is 5.92 Å². The summed E-state index contributed by atoms with van der Waals surface area (Å²) in [4.78, 5) is 28.5. The van der Waals surface area contributed by atoms with E-state index >= 15 is 0 Å². The van der Waals surface area contributed by atoms with Crippen molar-refractivity contribution in [3.8, 4) is 0 Å². The van der Waals surface area contributed by atoms with Crippen molar-refractivity contribution in [3.05, 3.63) is 29.3 Å². The van der Waals surface area contributed by atoms with Gasteiger partial charge in [0.1, 0.15) is 9.81 Å². The van der Waals surface area contributed by atoms with E-state index in [1.165, 1.54) is 15.6 Å². The van der Waals surface area contributed by atoms with Crippen molar-refractivity contribution < 1.29 is 22.7 Å². The maximum Gasteiger partial charge on any atom is 0.410 e. The molecule has 11 heteroatoms. The molecule has 2 aromatic rings. The second-order valence-electron chi connectivity index (χ2n) is 9.84. The number of thiophene rings is 1. The minimum absolute atomic E-state index is 0.159. The van der Waals surface area contributed by atoms with Gasteiger partial charge in [-0.15, -0.1) is 11.3 Å². The zero-order valence-electron chi connectivity index (χ0n) is 19.6. The Labute approximate surface area is 209 Å². The lowest BCUT2D eigenvalue weighted by Crippen LogP contribution is -2.53. The summed E-state index contributed by atoms with van der Waals surface area (Å²) < 4.78 is 34.1. The van der Waals surface area contributed by atoms with Gasteiger partial charge in [0.15, 0.2) is 0 Å². The lowest BCUT2D eigenvalue weighted by molar-refractivity contribution is -0.135. The molecule has 2 saturated heterocycles. The second kappa shape index (κ2) is 9.64. The predicted octanol–water partition coefficient (Wildman–Crippen LogP) is 4.03. The van der Waals surface area contributed by atoms with Crippen LogP contribution in [0.15, 0.2) is 28.5 Å². The molecule has 8 nitrogen and oxygen atoms in total. The highest BCUT2D eigenvalue weighted by Crippen LogP contribution is 2.33. The van der Waals surface area contributed by atoms with Crippen LogP contribution in [0.1, 0.15) is 33.6 Å². The first-order valence-corrected chi connectivity index (χ1v) is 14.0. The Morgan fingerprint density at radius 2 is 1.85 bits per heavy atom. The van der Waals surface area contributed by atoms with Gasteiger partial charge in [0.2, 0.25) is 5.91 Å². The van der Waals surface area contributed by atoms with E-state index in [1.807, 2.05) is 20.8 Å². The highest BCUT2D eigenvalue weighted by atomic mass is 35.5. The third kappa shape index (κ3) is 5.67. The van der Waals surface area contributed by atoms with E-state index in [-0.39, 0.29) is 35.2 Å². The fraction of sp³-hybridized carbons (Fsp3) is 0.565. The maximum atomic E-state index is 13.2. The third-order valence-electron chi connectivity index (χ3n) is 6.08. The van der Waals surface area contributed by atoms with Crippen LogP contribution in [0.5, 0.6) is 0 Å². The topological polar surface area (TPSA) is 87.2 Å². The Balaban J connectivity index is 1.32. The fourth-order valence-electron chi connectivity index (χ4n) is 4.26. The average Bonchev–Trinajstić information content (AvgIpc) is 3.18. The van der Waals surface area contributed by atoms with E-state index in [0.29, 0.717) is 31.2 Å². The van der Waals surface area contributed by atoms with Crippen molar-refractivity contribution in [1.29, 1.82) is 0 Å². The molecule has 0 unspecified atom stereocenters. The van der Waals surface area contributed by atoms with E-state index in [2.05, 4.69) is 0 Å². The summed E-state index contributed by atoms with van der Waals surface area (Å²) in [6, 6.07) is 6.91. The highest BCUT2D eigenvalue weighted by Gasteiger charge is 2.35. The van der Waals surface area contributed by atoms with Crippen LogP contribution in [0.25, 0.3) is 10.1 Å². The number of likely N-dealkylation sites (tertiary alicyclic amines) is 1. The molecule has 4 rings (SSSR count). The van der Waals surface area contributed by atoms with Gasteiger partial charge in [-0.1, -0.05) is 17.7 Å². The lowest BCUT2D eigenvalue weighted by atomic mass is 9.96. The van der Waals surface area contributed by atoms with Gasteiger partial charge in [-0.2, -0.15) is 4.31 Å². The fourth-order valence-corrected chi connectivity index (χ4v) is 7.47. The molecule has 2 amide bonds. The molecule has 1 aromatic carbocycles. The molecule has 0 radical (unpaired) electrons. The zero-order valence-corrected chi connectivity index (χ0v) is 22.0. The summed E-state index contributed by atoms with van der Waals surface area (Å²) >= 11 is 7.19. The molecular weight excluding hydrogens is 498 g/mol. The predicted molar refractivity (Wildman–Crippen MR) is 133 cm³/mol. The summed E-state index contributed by atoms with van der Waals surface area (Å²) in [6.07, 6.45) is 1.27. The average molecular weight is 528 g/mol. The molecule has 1 aromatic heterocycles. The molecule has 0 aliphatic carbocycles. The minimum Gasteiger partial charge on any atom is -0.444 e. The number of carbonyl (C=O) groups excluding carboxylic acids is 2. The van der Waals surface area contributed by atoms with Crippen LogP contribution in [0.4, 0.5) is 4.79 Å². The van der Waals surface area contributed by atoms with Crippen molar-refractivity contribution in [3.63, 3.8) is 0 Å². The molecule has 186 valence electrons. The van der Waals surface area contributed by atoms with Crippen LogP contribution in [-0.2, 0) is 19.6 Å². The molecule has 3 heterocycles. The number of hydrogen-bond donors (Lipinski definition) is 0. The van der Waals surface area contributed by atoms with Crippen molar-refractivity contribution in [1.82, 2.24) is 14.1 Å². The normalized spacial score (nSPS) is 19.1. The van der Waals surface area contributed by atoms with Crippen LogP contribution >= 0.6 is 22.9 Å².